The van der Waals surface area contributed by atoms with Crippen molar-refractivity contribution < 1.29 is 28.6 Å². The first-order valence-corrected chi connectivity index (χ1v) is 15.0. The summed E-state index contributed by atoms with van der Waals surface area (Å²) in [6.45, 7) is 3.74. The Kier molecular flexibility index (Phi) is 8.06. The molecule has 1 aliphatic heterocycles. The molecule has 0 saturated carbocycles. The van der Waals surface area contributed by atoms with Crippen LogP contribution >= 0.6 is 11.3 Å². The molecule has 1 aliphatic rings. The summed E-state index contributed by atoms with van der Waals surface area (Å²) >= 11 is 1.18. The summed E-state index contributed by atoms with van der Waals surface area (Å²) in [4.78, 5) is 44.6. The molecule has 1 atom stereocenters. The number of carboxylic acids is 1. The van der Waals surface area contributed by atoms with Gasteiger partial charge in [0.2, 0.25) is 0 Å². The van der Waals surface area contributed by atoms with Gasteiger partial charge in [0.25, 0.3) is 5.56 Å². The van der Waals surface area contributed by atoms with Crippen LogP contribution in [0.3, 0.4) is 0 Å². The lowest BCUT2D eigenvalue weighted by atomic mass is 9.93. The monoisotopic (exact) mass is 620 g/mol. The average Bonchev–Trinajstić information content (AvgIpc) is 3.64. The van der Waals surface area contributed by atoms with Gasteiger partial charge < -0.3 is 19.0 Å². The van der Waals surface area contributed by atoms with Gasteiger partial charge in [-0.15, -0.1) is 0 Å². The van der Waals surface area contributed by atoms with Crippen LogP contribution in [0, 0.1) is 6.92 Å². The number of aryl methyl sites for hydroxylation is 1. The van der Waals surface area contributed by atoms with Gasteiger partial charge in [0.15, 0.2) is 4.80 Å². The van der Waals surface area contributed by atoms with E-state index in [1.807, 2.05) is 43.3 Å². The van der Waals surface area contributed by atoms with Crippen molar-refractivity contribution in [2.75, 3.05) is 13.7 Å². The van der Waals surface area contributed by atoms with E-state index in [-0.39, 0.29) is 23.3 Å². The number of carbonyl (C=O) groups excluding carboxylic acids is 1. The van der Waals surface area contributed by atoms with Gasteiger partial charge in [-0.2, -0.15) is 0 Å². The van der Waals surface area contributed by atoms with Crippen molar-refractivity contribution in [3.63, 3.8) is 0 Å². The second-order valence-electron chi connectivity index (χ2n) is 10.2. The average molecular weight is 621 g/mol. The maximum atomic E-state index is 14.1. The Morgan fingerprint density at radius 1 is 1.04 bits per heavy atom. The predicted molar refractivity (Wildman–Crippen MR) is 170 cm³/mol. The molecular formula is C35H28N2O7S. The number of thiazole rings is 1. The van der Waals surface area contributed by atoms with Crippen molar-refractivity contribution in [3.05, 3.63) is 138 Å². The topological polar surface area (TPSA) is 120 Å². The summed E-state index contributed by atoms with van der Waals surface area (Å²) < 4.78 is 18.9. The Hall–Kier alpha value is -5.48. The van der Waals surface area contributed by atoms with E-state index in [1.54, 1.807) is 68.6 Å². The van der Waals surface area contributed by atoms with E-state index >= 15 is 0 Å². The third kappa shape index (κ3) is 5.63. The van der Waals surface area contributed by atoms with Crippen LogP contribution in [0.5, 0.6) is 5.75 Å². The first-order chi connectivity index (χ1) is 21.8. The number of carboxylic acid groups (broad SMARTS) is 1. The van der Waals surface area contributed by atoms with Crippen LogP contribution in [0.4, 0.5) is 0 Å². The third-order valence-electron chi connectivity index (χ3n) is 7.43. The lowest BCUT2D eigenvalue weighted by Crippen LogP contribution is -2.40. The summed E-state index contributed by atoms with van der Waals surface area (Å²) in [5.41, 5.74) is 3.30. The molecule has 0 bridgehead atoms. The fraction of sp³-hybridized carbons (Fsp3) is 0.143. The number of methoxy groups -OCH3 is 1. The van der Waals surface area contributed by atoms with E-state index in [1.165, 1.54) is 15.9 Å². The van der Waals surface area contributed by atoms with E-state index < -0.39 is 18.0 Å². The van der Waals surface area contributed by atoms with E-state index in [2.05, 4.69) is 0 Å². The highest BCUT2D eigenvalue weighted by Gasteiger charge is 2.35. The molecule has 0 radical (unpaired) electrons. The van der Waals surface area contributed by atoms with Crippen molar-refractivity contribution in [1.82, 2.24) is 4.57 Å². The zero-order valence-corrected chi connectivity index (χ0v) is 25.5. The number of fused-ring (bicyclic) bond motifs is 1. The molecule has 10 heteroatoms. The Labute approximate surface area is 261 Å². The highest BCUT2D eigenvalue weighted by molar-refractivity contribution is 7.07. The van der Waals surface area contributed by atoms with Gasteiger partial charge in [-0.05, 0) is 61.4 Å². The molecule has 2 aromatic heterocycles. The van der Waals surface area contributed by atoms with Gasteiger partial charge in [0, 0.05) is 17.2 Å². The van der Waals surface area contributed by atoms with Gasteiger partial charge in [-0.25, -0.2) is 14.6 Å². The van der Waals surface area contributed by atoms with Gasteiger partial charge >= 0.3 is 11.9 Å². The molecule has 226 valence electrons. The number of aromatic carboxylic acids is 1. The molecule has 9 nitrogen and oxygen atoms in total. The Balaban J connectivity index is 1.55. The van der Waals surface area contributed by atoms with E-state index in [4.69, 9.17) is 18.9 Å². The number of nitrogens with zero attached hydrogens (tertiary/aromatic N) is 2. The third-order valence-corrected chi connectivity index (χ3v) is 8.42. The quantitative estimate of drug-likeness (QED) is 0.237. The molecule has 0 spiro atoms. The van der Waals surface area contributed by atoms with Gasteiger partial charge in [0.1, 0.15) is 17.3 Å². The van der Waals surface area contributed by atoms with Crippen molar-refractivity contribution in [3.8, 4) is 17.1 Å². The van der Waals surface area contributed by atoms with Crippen LogP contribution in [0.1, 0.15) is 45.8 Å². The van der Waals surface area contributed by atoms with Crippen LogP contribution in [0.15, 0.2) is 105 Å². The number of esters is 1. The van der Waals surface area contributed by atoms with Crippen LogP contribution in [0.2, 0.25) is 0 Å². The highest BCUT2D eigenvalue weighted by Crippen LogP contribution is 2.36. The minimum Gasteiger partial charge on any atom is -0.497 e. The SMILES string of the molecule is CCOC(=O)C1=C(c2ccccc2)N=c2s/c(=C\c3ccc(-c4cc(C(=O)O)ccc4C)o3)c(=O)n2[C@@H]1c1cccc(OC)c1. The van der Waals surface area contributed by atoms with E-state index in [0.29, 0.717) is 49.0 Å². The zero-order chi connectivity index (χ0) is 31.7. The molecule has 0 saturated heterocycles. The van der Waals surface area contributed by atoms with Gasteiger partial charge in [-0.3, -0.25) is 9.36 Å². The summed E-state index contributed by atoms with van der Waals surface area (Å²) in [6.07, 6.45) is 1.63. The predicted octanol–water partition coefficient (Wildman–Crippen LogP) is 5.21. The number of benzene rings is 3. The Morgan fingerprint density at radius 2 is 1.84 bits per heavy atom. The van der Waals surface area contributed by atoms with Crippen molar-refractivity contribution in [1.29, 1.82) is 0 Å². The van der Waals surface area contributed by atoms with Crippen LogP contribution < -0.4 is 19.6 Å². The number of carbonyl (C=O) groups is 2. The second kappa shape index (κ2) is 12.3. The fourth-order valence-electron chi connectivity index (χ4n) is 5.29. The van der Waals surface area contributed by atoms with Crippen molar-refractivity contribution in [2.45, 2.75) is 19.9 Å². The number of aromatic nitrogens is 1. The normalized spacial score (nSPS) is 14.6. The van der Waals surface area contributed by atoms with E-state index in [0.717, 1.165) is 5.56 Å². The molecule has 0 amide bonds. The Morgan fingerprint density at radius 3 is 2.58 bits per heavy atom. The lowest BCUT2D eigenvalue weighted by Gasteiger charge is -2.26. The first kappa shape index (κ1) is 29.6. The maximum Gasteiger partial charge on any atom is 0.338 e. The van der Waals surface area contributed by atoms with Crippen LogP contribution in [0.25, 0.3) is 23.1 Å². The summed E-state index contributed by atoms with van der Waals surface area (Å²) in [7, 11) is 1.55. The fourth-order valence-corrected chi connectivity index (χ4v) is 6.27. The minimum absolute atomic E-state index is 0.144. The molecule has 0 unspecified atom stereocenters. The van der Waals surface area contributed by atoms with Crippen LogP contribution in [-0.4, -0.2) is 35.3 Å². The molecule has 0 aliphatic carbocycles. The summed E-state index contributed by atoms with van der Waals surface area (Å²) in [6, 6.07) is 24.0. The zero-order valence-electron chi connectivity index (χ0n) is 24.6. The van der Waals surface area contributed by atoms with Gasteiger partial charge in [-0.1, -0.05) is 59.9 Å². The number of furan rings is 1. The minimum atomic E-state index is -1.04. The number of hydrogen-bond donors (Lipinski definition) is 1. The van der Waals surface area contributed by atoms with Crippen molar-refractivity contribution in [2.24, 2.45) is 4.99 Å². The first-order valence-electron chi connectivity index (χ1n) is 14.2. The largest absolute Gasteiger partial charge is 0.497 e. The van der Waals surface area contributed by atoms with E-state index in [9.17, 15) is 19.5 Å². The van der Waals surface area contributed by atoms with Gasteiger partial charge in [0.05, 0.1) is 41.1 Å². The molecule has 5 aromatic rings. The molecule has 3 aromatic carbocycles. The molecule has 1 N–H and O–H groups in total. The number of hydrogen-bond acceptors (Lipinski definition) is 8. The second-order valence-corrected chi connectivity index (χ2v) is 11.3. The highest BCUT2D eigenvalue weighted by atomic mass is 32.1. The standard InChI is InChI=1S/C35H28N2O7S/c1-4-43-34(41)29-30(21-9-6-5-7-10-21)36-35-37(31(29)22-11-8-12-24(17-22)42-3)32(38)28(45-35)19-25-15-16-27(44-25)26-18-23(33(39)40)14-13-20(26)2/h5-19,31H,4H2,1-3H3,(H,39,40)/b28-19-/t31-/m1/s1. The molecule has 6 rings (SSSR count). The Bertz CT molecular complexity index is 2160. The summed E-state index contributed by atoms with van der Waals surface area (Å²) in [5.74, 6) is -0.161. The molecule has 3 heterocycles. The molecule has 45 heavy (non-hydrogen) atoms. The smallest absolute Gasteiger partial charge is 0.338 e. The molecular weight excluding hydrogens is 592 g/mol. The summed E-state index contributed by atoms with van der Waals surface area (Å²) in [5, 5.41) is 9.44. The number of rotatable bonds is 8. The maximum absolute atomic E-state index is 14.1. The number of ether oxygens (including phenoxy) is 2. The van der Waals surface area contributed by atoms with Crippen LogP contribution in [-0.2, 0) is 9.53 Å². The van der Waals surface area contributed by atoms with Crippen molar-refractivity contribution >= 4 is 35.0 Å². The lowest BCUT2D eigenvalue weighted by molar-refractivity contribution is -0.138. The molecule has 0 fully saturated rings.